The molecule has 1 heterocycles. The Morgan fingerprint density at radius 2 is 2.44 bits per heavy atom. The molecular weight excluding hydrogens is 226 g/mol. The third kappa shape index (κ3) is 2.45. The van der Waals surface area contributed by atoms with Crippen LogP contribution < -0.4 is 5.73 Å². The normalized spacial score (nSPS) is 30.3. The fourth-order valence-corrected chi connectivity index (χ4v) is 3.16. The first kappa shape index (κ1) is 13.6. The molecule has 102 valence electrons. The Hall–Kier alpha value is -0.870. The van der Waals surface area contributed by atoms with E-state index in [4.69, 9.17) is 10.5 Å². The molecule has 4 nitrogen and oxygen atoms in total. The molecule has 0 aromatic carbocycles. The molecule has 1 aliphatic carbocycles. The molecule has 1 aromatic rings. The minimum absolute atomic E-state index is 0.0782. The van der Waals surface area contributed by atoms with Crippen molar-refractivity contribution in [3.05, 3.63) is 18.0 Å². The average Bonchev–Trinajstić information content (AvgIpc) is 2.86. The smallest absolute Gasteiger partial charge is 0.0874 e. The Morgan fingerprint density at radius 3 is 3.00 bits per heavy atom. The average molecular weight is 251 g/mol. The SMILES string of the molecule is CCn1cc(C(N)C2(OC)CCCC(C)C2)cn1. The van der Waals surface area contributed by atoms with Crippen LogP contribution in [0.15, 0.2) is 12.4 Å². The molecule has 0 spiro atoms. The summed E-state index contributed by atoms with van der Waals surface area (Å²) >= 11 is 0. The summed E-state index contributed by atoms with van der Waals surface area (Å²) in [6.45, 7) is 5.25. The summed E-state index contributed by atoms with van der Waals surface area (Å²) in [4.78, 5) is 0. The van der Waals surface area contributed by atoms with Gasteiger partial charge in [0.05, 0.1) is 17.8 Å². The molecular formula is C14H25N3O. The number of hydrogen-bond acceptors (Lipinski definition) is 3. The van der Waals surface area contributed by atoms with Gasteiger partial charge in [-0.05, 0) is 25.7 Å². The van der Waals surface area contributed by atoms with Crippen molar-refractivity contribution in [1.82, 2.24) is 9.78 Å². The number of hydrogen-bond donors (Lipinski definition) is 1. The van der Waals surface area contributed by atoms with E-state index in [0.717, 1.165) is 24.9 Å². The van der Waals surface area contributed by atoms with Crippen molar-refractivity contribution in [1.29, 1.82) is 0 Å². The van der Waals surface area contributed by atoms with E-state index in [-0.39, 0.29) is 11.6 Å². The highest BCUT2D eigenvalue weighted by Gasteiger charge is 2.41. The first-order valence-electron chi connectivity index (χ1n) is 6.94. The third-order valence-corrected chi connectivity index (χ3v) is 4.30. The predicted octanol–water partition coefficient (Wildman–Crippen LogP) is 2.50. The van der Waals surface area contributed by atoms with Crippen molar-refractivity contribution in [3.63, 3.8) is 0 Å². The lowest BCUT2D eigenvalue weighted by Crippen LogP contribution is -2.46. The molecule has 0 saturated heterocycles. The van der Waals surface area contributed by atoms with Crippen LogP contribution in [0.5, 0.6) is 0 Å². The lowest BCUT2D eigenvalue weighted by molar-refractivity contribution is -0.0718. The van der Waals surface area contributed by atoms with Gasteiger partial charge in [0.25, 0.3) is 0 Å². The van der Waals surface area contributed by atoms with E-state index in [2.05, 4.69) is 18.9 Å². The summed E-state index contributed by atoms with van der Waals surface area (Å²) < 4.78 is 7.77. The highest BCUT2D eigenvalue weighted by atomic mass is 16.5. The van der Waals surface area contributed by atoms with Gasteiger partial charge >= 0.3 is 0 Å². The summed E-state index contributed by atoms with van der Waals surface area (Å²) in [6, 6.07) is -0.0782. The van der Waals surface area contributed by atoms with Crippen molar-refractivity contribution in [2.75, 3.05) is 7.11 Å². The highest BCUT2D eigenvalue weighted by molar-refractivity contribution is 5.16. The summed E-state index contributed by atoms with van der Waals surface area (Å²) in [5.41, 5.74) is 7.35. The molecule has 3 unspecified atom stereocenters. The van der Waals surface area contributed by atoms with Crippen LogP contribution in [-0.2, 0) is 11.3 Å². The predicted molar refractivity (Wildman–Crippen MR) is 72.2 cm³/mol. The zero-order valence-corrected chi connectivity index (χ0v) is 11.7. The molecule has 18 heavy (non-hydrogen) atoms. The first-order chi connectivity index (χ1) is 8.61. The van der Waals surface area contributed by atoms with Crippen LogP contribution in [-0.4, -0.2) is 22.5 Å². The number of ether oxygens (including phenoxy) is 1. The number of rotatable bonds is 4. The maximum absolute atomic E-state index is 6.47. The first-order valence-corrected chi connectivity index (χ1v) is 6.94. The maximum atomic E-state index is 6.47. The maximum Gasteiger partial charge on any atom is 0.0874 e. The minimum Gasteiger partial charge on any atom is -0.376 e. The van der Waals surface area contributed by atoms with Crippen LogP contribution in [0.2, 0.25) is 0 Å². The number of aryl methyl sites for hydroxylation is 1. The highest BCUT2D eigenvalue weighted by Crippen LogP contribution is 2.41. The van der Waals surface area contributed by atoms with Gasteiger partial charge in [0.1, 0.15) is 0 Å². The molecule has 1 saturated carbocycles. The van der Waals surface area contributed by atoms with Crippen molar-refractivity contribution in [2.45, 2.75) is 57.7 Å². The van der Waals surface area contributed by atoms with E-state index in [0.29, 0.717) is 5.92 Å². The number of aromatic nitrogens is 2. The summed E-state index contributed by atoms with van der Waals surface area (Å²) in [5, 5.41) is 4.32. The molecule has 4 heteroatoms. The lowest BCUT2D eigenvalue weighted by atomic mass is 9.73. The van der Waals surface area contributed by atoms with Crippen molar-refractivity contribution < 1.29 is 4.74 Å². The monoisotopic (exact) mass is 251 g/mol. The fraction of sp³-hybridized carbons (Fsp3) is 0.786. The topological polar surface area (TPSA) is 53.1 Å². The molecule has 0 aliphatic heterocycles. The van der Waals surface area contributed by atoms with Crippen molar-refractivity contribution in [3.8, 4) is 0 Å². The molecule has 0 radical (unpaired) electrons. The molecule has 0 bridgehead atoms. The van der Waals surface area contributed by atoms with Crippen LogP contribution >= 0.6 is 0 Å². The van der Waals surface area contributed by atoms with Gasteiger partial charge in [-0.15, -0.1) is 0 Å². The van der Waals surface area contributed by atoms with Crippen LogP contribution in [0.1, 0.15) is 51.1 Å². The second-order valence-electron chi connectivity index (χ2n) is 5.58. The van der Waals surface area contributed by atoms with E-state index < -0.39 is 0 Å². The van der Waals surface area contributed by atoms with E-state index in [1.165, 1.54) is 12.8 Å². The summed E-state index contributed by atoms with van der Waals surface area (Å²) in [5.74, 6) is 0.686. The molecule has 2 rings (SSSR count). The fourth-order valence-electron chi connectivity index (χ4n) is 3.16. The largest absolute Gasteiger partial charge is 0.376 e. The Balaban J connectivity index is 2.20. The molecule has 1 fully saturated rings. The molecule has 0 amide bonds. The van der Waals surface area contributed by atoms with Gasteiger partial charge in [-0.1, -0.05) is 19.8 Å². The third-order valence-electron chi connectivity index (χ3n) is 4.30. The van der Waals surface area contributed by atoms with Crippen LogP contribution in [0.25, 0.3) is 0 Å². The van der Waals surface area contributed by atoms with Crippen LogP contribution in [0, 0.1) is 5.92 Å². The van der Waals surface area contributed by atoms with E-state index in [1.807, 2.05) is 17.1 Å². The minimum atomic E-state index is -0.209. The van der Waals surface area contributed by atoms with Crippen LogP contribution in [0.4, 0.5) is 0 Å². The quantitative estimate of drug-likeness (QED) is 0.894. The van der Waals surface area contributed by atoms with Gasteiger partial charge in [-0.3, -0.25) is 4.68 Å². The van der Waals surface area contributed by atoms with Crippen molar-refractivity contribution >= 4 is 0 Å². The second-order valence-corrected chi connectivity index (χ2v) is 5.58. The number of methoxy groups -OCH3 is 1. The van der Waals surface area contributed by atoms with Crippen molar-refractivity contribution in [2.24, 2.45) is 11.7 Å². The lowest BCUT2D eigenvalue weighted by Gasteiger charge is -2.42. The molecule has 2 N–H and O–H groups in total. The molecule has 1 aliphatic rings. The van der Waals surface area contributed by atoms with Gasteiger partial charge in [0.2, 0.25) is 0 Å². The van der Waals surface area contributed by atoms with Gasteiger partial charge in [-0.2, -0.15) is 5.10 Å². The second kappa shape index (κ2) is 5.41. The van der Waals surface area contributed by atoms with Gasteiger partial charge < -0.3 is 10.5 Å². The van der Waals surface area contributed by atoms with Gasteiger partial charge in [0, 0.05) is 25.4 Å². The van der Waals surface area contributed by atoms with E-state index in [1.54, 1.807) is 7.11 Å². The zero-order chi connectivity index (χ0) is 13.2. The summed E-state index contributed by atoms with van der Waals surface area (Å²) in [6.07, 6.45) is 8.50. The summed E-state index contributed by atoms with van der Waals surface area (Å²) in [7, 11) is 1.79. The van der Waals surface area contributed by atoms with Gasteiger partial charge in [-0.25, -0.2) is 0 Å². The Morgan fingerprint density at radius 1 is 1.67 bits per heavy atom. The number of nitrogens with two attached hydrogens (primary N) is 1. The Kier molecular flexibility index (Phi) is 4.07. The van der Waals surface area contributed by atoms with Crippen LogP contribution in [0.3, 0.4) is 0 Å². The molecule has 1 aromatic heterocycles. The Labute approximate surface area is 110 Å². The van der Waals surface area contributed by atoms with E-state index >= 15 is 0 Å². The zero-order valence-electron chi connectivity index (χ0n) is 11.7. The standard InChI is InChI=1S/C14H25N3O/c1-4-17-10-12(9-16-17)13(15)14(18-3)7-5-6-11(2)8-14/h9-11,13H,4-8,15H2,1-3H3. The molecule has 3 atom stereocenters. The van der Waals surface area contributed by atoms with E-state index in [9.17, 15) is 0 Å². The van der Waals surface area contributed by atoms with Gasteiger partial charge in [0.15, 0.2) is 0 Å². The number of nitrogens with zero attached hydrogens (tertiary/aromatic N) is 2. The Bertz CT molecular complexity index is 390.